The minimum absolute atomic E-state index is 0.0578. The monoisotopic (exact) mass is 298 g/mol. The Morgan fingerprint density at radius 1 is 1.30 bits per heavy atom. The van der Waals surface area contributed by atoms with Crippen molar-refractivity contribution in [2.24, 2.45) is 5.92 Å². The molecule has 2 rings (SSSR count). The molecule has 0 N–H and O–H groups in total. The van der Waals surface area contributed by atoms with E-state index >= 15 is 0 Å². The fraction of sp³-hybridized carbons (Fsp3) is 0.500. The Balaban J connectivity index is 2.25. The molecule has 0 saturated heterocycles. The van der Waals surface area contributed by atoms with Crippen LogP contribution >= 0.6 is 11.8 Å². The molecule has 0 bridgehead atoms. The van der Waals surface area contributed by atoms with Gasteiger partial charge in [-0.15, -0.1) is 0 Å². The van der Waals surface area contributed by atoms with Gasteiger partial charge >= 0.3 is 5.51 Å². The van der Waals surface area contributed by atoms with Gasteiger partial charge in [-0.2, -0.15) is 13.2 Å². The molecule has 0 spiro atoms. The molecule has 1 aliphatic rings. The van der Waals surface area contributed by atoms with Crippen LogP contribution in [0.3, 0.4) is 0 Å². The Morgan fingerprint density at radius 2 is 2.05 bits per heavy atom. The maximum absolute atomic E-state index is 12.6. The van der Waals surface area contributed by atoms with E-state index in [0.717, 1.165) is 31.2 Å². The first-order chi connectivity index (χ1) is 9.48. The van der Waals surface area contributed by atoms with Crippen LogP contribution in [0, 0.1) is 17.8 Å². The number of halogens is 3. The van der Waals surface area contributed by atoms with Crippen molar-refractivity contribution < 1.29 is 13.2 Å². The molecule has 1 saturated carbocycles. The van der Waals surface area contributed by atoms with Gasteiger partial charge in [0.15, 0.2) is 0 Å². The van der Waals surface area contributed by atoms with Crippen molar-refractivity contribution in [2.75, 3.05) is 0 Å². The molecule has 20 heavy (non-hydrogen) atoms. The Morgan fingerprint density at radius 3 is 2.60 bits per heavy atom. The Kier molecular flexibility index (Phi) is 5.04. The van der Waals surface area contributed by atoms with E-state index < -0.39 is 5.51 Å². The molecule has 0 heterocycles. The highest BCUT2D eigenvalue weighted by Crippen LogP contribution is 2.39. The third-order valence-corrected chi connectivity index (χ3v) is 4.12. The summed E-state index contributed by atoms with van der Waals surface area (Å²) >= 11 is -0.0578. The first-order valence-corrected chi connectivity index (χ1v) is 7.70. The molecular weight excluding hydrogens is 281 g/mol. The highest BCUT2D eigenvalue weighted by molar-refractivity contribution is 8.00. The van der Waals surface area contributed by atoms with Crippen LogP contribution in [-0.2, 0) is 6.42 Å². The van der Waals surface area contributed by atoms with E-state index in [-0.39, 0.29) is 16.7 Å². The van der Waals surface area contributed by atoms with Crippen molar-refractivity contribution in [3.8, 4) is 11.8 Å². The zero-order valence-corrected chi connectivity index (χ0v) is 12.2. The molecular formula is C16H17F3S. The maximum Gasteiger partial charge on any atom is 0.446 e. The summed E-state index contributed by atoms with van der Waals surface area (Å²) in [6.45, 7) is 2.01. The van der Waals surface area contributed by atoms with Crippen LogP contribution in [0.5, 0.6) is 0 Å². The van der Waals surface area contributed by atoms with Crippen molar-refractivity contribution in [1.29, 1.82) is 0 Å². The van der Waals surface area contributed by atoms with Crippen LogP contribution in [-0.4, -0.2) is 5.51 Å². The molecule has 108 valence electrons. The molecule has 0 aromatic heterocycles. The van der Waals surface area contributed by atoms with Gasteiger partial charge in [0.25, 0.3) is 0 Å². The third-order valence-electron chi connectivity index (χ3n) is 3.33. The zero-order chi connectivity index (χ0) is 14.6. The van der Waals surface area contributed by atoms with Gasteiger partial charge in [-0.25, -0.2) is 0 Å². The molecule has 1 aromatic rings. The van der Waals surface area contributed by atoms with Crippen LogP contribution in [0.2, 0.25) is 0 Å². The predicted molar refractivity (Wildman–Crippen MR) is 76.6 cm³/mol. The SMILES string of the molecule is CCCc1ccc(C#CC2CCC2)c(SC(F)(F)F)c1. The van der Waals surface area contributed by atoms with Gasteiger partial charge in [-0.3, -0.25) is 0 Å². The lowest BCUT2D eigenvalue weighted by Gasteiger charge is -2.18. The van der Waals surface area contributed by atoms with Crippen molar-refractivity contribution in [2.45, 2.75) is 49.4 Å². The summed E-state index contributed by atoms with van der Waals surface area (Å²) in [6, 6.07) is 5.24. The van der Waals surface area contributed by atoms with Gasteiger partial charge in [-0.05, 0) is 48.7 Å². The molecule has 1 aromatic carbocycles. The molecule has 0 amide bonds. The normalized spacial score (nSPS) is 15.4. The summed E-state index contributed by atoms with van der Waals surface area (Å²) in [6.07, 6.45) is 5.04. The smallest absolute Gasteiger partial charge is 0.160 e. The standard InChI is InChI=1S/C16H17F3S/c1-2-4-13-8-10-14(9-7-12-5-3-6-12)15(11-13)20-16(17,18)19/h8,10-12H,2-6H2,1H3. The quantitative estimate of drug-likeness (QED) is 0.531. The Labute approximate surface area is 122 Å². The lowest BCUT2D eigenvalue weighted by atomic mass is 9.86. The molecule has 0 radical (unpaired) electrons. The first kappa shape index (κ1) is 15.3. The van der Waals surface area contributed by atoms with E-state index in [1.807, 2.05) is 13.0 Å². The number of hydrogen-bond acceptors (Lipinski definition) is 1. The van der Waals surface area contributed by atoms with Crippen molar-refractivity contribution in [3.63, 3.8) is 0 Å². The summed E-state index contributed by atoms with van der Waals surface area (Å²) in [5.41, 5.74) is -2.83. The highest BCUT2D eigenvalue weighted by atomic mass is 32.2. The molecule has 0 aliphatic heterocycles. The van der Waals surface area contributed by atoms with Gasteiger partial charge in [0.05, 0.1) is 0 Å². The summed E-state index contributed by atoms with van der Waals surface area (Å²) in [7, 11) is 0. The predicted octanol–water partition coefficient (Wildman–Crippen LogP) is 5.40. The number of alkyl halides is 3. The van der Waals surface area contributed by atoms with E-state index in [4.69, 9.17) is 0 Å². The lowest BCUT2D eigenvalue weighted by molar-refractivity contribution is -0.0328. The summed E-state index contributed by atoms with van der Waals surface area (Å²) < 4.78 is 37.9. The van der Waals surface area contributed by atoms with Gasteiger partial charge in [-0.1, -0.05) is 37.7 Å². The van der Waals surface area contributed by atoms with E-state index in [1.54, 1.807) is 12.1 Å². The highest BCUT2D eigenvalue weighted by Gasteiger charge is 2.30. The average molecular weight is 298 g/mol. The topological polar surface area (TPSA) is 0 Å². The first-order valence-electron chi connectivity index (χ1n) is 6.88. The second-order valence-electron chi connectivity index (χ2n) is 5.03. The van der Waals surface area contributed by atoms with Gasteiger partial charge < -0.3 is 0 Å². The number of rotatable bonds is 3. The summed E-state index contributed by atoms with van der Waals surface area (Å²) in [4.78, 5) is 0.232. The van der Waals surface area contributed by atoms with Crippen LogP contribution in [0.1, 0.15) is 43.7 Å². The maximum atomic E-state index is 12.6. The van der Waals surface area contributed by atoms with Crippen molar-refractivity contribution in [3.05, 3.63) is 29.3 Å². The molecule has 1 aliphatic carbocycles. The van der Waals surface area contributed by atoms with Crippen LogP contribution < -0.4 is 0 Å². The summed E-state index contributed by atoms with van der Waals surface area (Å²) in [5.74, 6) is 6.39. The zero-order valence-electron chi connectivity index (χ0n) is 11.4. The summed E-state index contributed by atoms with van der Waals surface area (Å²) in [5, 5.41) is 0. The van der Waals surface area contributed by atoms with Crippen LogP contribution in [0.15, 0.2) is 23.1 Å². The third kappa shape index (κ3) is 4.49. The van der Waals surface area contributed by atoms with Gasteiger partial charge in [0.1, 0.15) is 0 Å². The molecule has 0 nitrogen and oxygen atoms in total. The Bertz CT molecular complexity index is 519. The minimum Gasteiger partial charge on any atom is -0.160 e. The lowest BCUT2D eigenvalue weighted by Crippen LogP contribution is -2.07. The molecule has 1 fully saturated rings. The van der Waals surface area contributed by atoms with E-state index in [1.165, 1.54) is 6.42 Å². The van der Waals surface area contributed by atoms with Crippen LogP contribution in [0.25, 0.3) is 0 Å². The molecule has 4 heteroatoms. The van der Waals surface area contributed by atoms with E-state index in [0.29, 0.717) is 11.5 Å². The number of thioether (sulfide) groups is 1. The van der Waals surface area contributed by atoms with Crippen LogP contribution in [0.4, 0.5) is 13.2 Å². The molecule has 0 atom stereocenters. The van der Waals surface area contributed by atoms with Gasteiger partial charge in [0.2, 0.25) is 0 Å². The van der Waals surface area contributed by atoms with E-state index in [9.17, 15) is 13.2 Å². The van der Waals surface area contributed by atoms with Gasteiger partial charge in [0, 0.05) is 16.4 Å². The minimum atomic E-state index is -4.27. The number of hydrogen-bond donors (Lipinski definition) is 0. The number of aryl methyl sites for hydroxylation is 1. The van der Waals surface area contributed by atoms with Crippen molar-refractivity contribution >= 4 is 11.8 Å². The fourth-order valence-corrected chi connectivity index (χ4v) is 2.74. The second kappa shape index (κ2) is 6.58. The fourth-order valence-electron chi connectivity index (χ4n) is 2.06. The average Bonchev–Trinajstić information content (AvgIpc) is 2.28. The van der Waals surface area contributed by atoms with E-state index in [2.05, 4.69) is 11.8 Å². The van der Waals surface area contributed by atoms with Crippen molar-refractivity contribution in [1.82, 2.24) is 0 Å². The molecule has 0 unspecified atom stereocenters. The largest absolute Gasteiger partial charge is 0.446 e. The Hall–Kier alpha value is -1.08. The number of benzene rings is 1. The second-order valence-corrected chi connectivity index (χ2v) is 6.13.